The average Bonchev–Trinajstić information content (AvgIpc) is 3.23. The fraction of sp³-hybridized carbons (Fsp3) is 0.667. The normalized spacial score (nSPS) is 22.8. The Morgan fingerprint density at radius 3 is 2.79 bits per heavy atom. The molecular weight excluding hydrogens is 412 g/mol. The van der Waals surface area contributed by atoms with Crippen LogP contribution in [-0.2, 0) is 18.6 Å². The van der Waals surface area contributed by atoms with Crippen LogP contribution in [0.15, 0.2) is 17.4 Å². The SMILES string of the molecule is COC(=S)O[C@@H]1C[C@H](n2cnc3c(=O)[nH]cnc32)O[C@@H]1CO[Si](C)(C)C(C)(C)C. The van der Waals surface area contributed by atoms with E-state index in [1.165, 1.54) is 13.4 Å². The number of thiocarbonyl (C=S) groups is 1. The van der Waals surface area contributed by atoms with Gasteiger partial charge < -0.3 is 23.6 Å². The standard InChI is InChI=1S/C18H28N4O5SSi/c1-18(2,3)29(5,6)25-8-12-11(27-17(28)24-4)7-13(26-12)22-10-21-14-15(22)19-9-20-16(14)23/h9-13H,7-8H2,1-6H3,(H,19,20,23)/t11-,12-,13-/m1/s1. The van der Waals surface area contributed by atoms with E-state index >= 15 is 0 Å². The monoisotopic (exact) mass is 440 g/mol. The summed E-state index contributed by atoms with van der Waals surface area (Å²) in [4.78, 5) is 22.9. The lowest BCUT2D eigenvalue weighted by molar-refractivity contribution is -0.0411. The summed E-state index contributed by atoms with van der Waals surface area (Å²) in [6.45, 7) is 11.3. The fourth-order valence-corrected chi connectivity index (χ4v) is 4.04. The zero-order valence-electron chi connectivity index (χ0n) is 17.6. The molecule has 0 aromatic carbocycles. The van der Waals surface area contributed by atoms with E-state index in [-0.39, 0.29) is 33.6 Å². The molecule has 29 heavy (non-hydrogen) atoms. The van der Waals surface area contributed by atoms with Gasteiger partial charge in [-0.3, -0.25) is 9.36 Å². The Hall–Kier alpha value is -1.82. The smallest absolute Gasteiger partial charge is 0.352 e. The summed E-state index contributed by atoms with van der Waals surface area (Å²) in [5.74, 6) is 0. The molecule has 3 heterocycles. The first kappa shape index (κ1) is 21.9. The summed E-state index contributed by atoms with van der Waals surface area (Å²) < 4.78 is 25.1. The Bertz CT molecular complexity index is 938. The van der Waals surface area contributed by atoms with E-state index in [4.69, 9.17) is 30.9 Å². The van der Waals surface area contributed by atoms with Crippen molar-refractivity contribution in [1.82, 2.24) is 19.5 Å². The Kier molecular flexibility index (Phi) is 6.13. The highest BCUT2D eigenvalue weighted by Gasteiger charge is 2.43. The molecule has 0 bridgehead atoms. The maximum atomic E-state index is 11.9. The van der Waals surface area contributed by atoms with Crippen molar-refractivity contribution in [2.24, 2.45) is 0 Å². The van der Waals surface area contributed by atoms with Crippen LogP contribution < -0.4 is 5.56 Å². The number of fused-ring (bicyclic) bond motifs is 1. The second kappa shape index (κ2) is 8.13. The summed E-state index contributed by atoms with van der Waals surface area (Å²) in [5.41, 5.74) is 0.428. The highest BCUT2D eigenvalue weighted by Crippen LogP contribution is 2.38. The molecule has 0 aliphatic carbocycles. The van der Waals surface area contributed by atoms with Crippen LogP contribution in [0.25, 0.3) is 11.2 Å². The molecular formula is C18H28N4O5SSi. The Morgan fingerprint density at radius 2 is 2.14 bits per heavy atom. The molecule has 1 fully saturated rings. The predicted octanol–water partition coefficient (Wildman–Crippen LogP) is 2.75. The van der Waals surface area contributed by atoms with Crippen molar-refractivity contribution in [3.8, 4) is 0 Å². The number of nitrogens with zero attached hydrogens (tertiary/aromatic N) is 3. The van der Waals surface area contributed by atoms with E-state index in [2.05, 4.69) is 48.8 Å². The molecule has 9 nitrogen and oxygen atoms in total. The van der Waals surface area contributed by atoms with E-state index in [1.54, 1.807) is 10.9 Å². The summed E-state index contributed by atoms with van der Waals surface area (Å²) in [7, 11) is -0.498. The maximum absolute atomic E-state index is 11.9. The van der Waals surface area contributed by atoms with E-state index in [0.717, 1.165) is 0 Å². The van der Waals surface area contributed by atoms with E-state index in [0.29, 0.717) is 18.7 Å². The van der Waals surface area contributed by atoms with Crippen LogP contribution in [0.4, 0.5) is 0 Å². The first-order valence-electron chi connectivity index (χ1n) is 9.48. The van der Waals surface area contributed by atoms with Gasteiger partial charge in [0.1, 0.15) is 18.4 Å². The molecule has 1 saturated heterocycles. The third-order valence-electron chi connectivity index (χ3n) is 5.68. The van der Waals surface area contributed by atoms with Gasteiger partial charge in [0.05, 0.1) is 26.4 Å². The number of hydrogen-bond acceptors (Lipinski definition) is 8. The fourth-order valence-electron chi connectivity index (χ4n) is 2.90. The Morgan fingerprint density at radius 1 is 1.41 bits per heavy atom. The van der Waals surface area contributed by atoms with Gasteiger partial charge in [-0.2, -0.15) is 0 Å². The maximum Gasteiger partial charge on any atom is 0.352 e. The molecule has 0 radical (unpaired) electrons. The number of ether oxygens (including phenoxy) is 3. The molecule has 0 amide bonds. The van der Waals surface area contributed by atoms with Crippen molar-refractivity contribution in [3.63, 3.8) is 0 Å². The second-order valence-corrected chi connectivity index (χ2v) is 13.7. The number of rotatable bonds is 5. The molecule has 11 heteroatoms. The van der Waals surface area contributed by atoms with Gasteiger partial charge >= 0.3 is 5.24 Å². The van der Waals surface area contributed by atoms with Gasteiger partial charge in [0, 0.05) is 18.6 Å². The third kappa shape index (κ3) is 4.52. The van der Waals surface area contributed by atoms with Crippen LogP contribution in [0.5, 0.6) is 0 Å². The highest BCUT2D eigenvalue weighted by atomic mass is 32.1. The highest BCUT2D eigenvalue weighted by molar-refractivity contribution is 7.79. The number of H-pyrrole nitrogens is 1. The summed E-state index contributed by atoms with van der Waals surface area (Å²) in [6.07, 6.45) is 2.30. The van der Waals surface area contributed by atoms with Gasteiger partial charge in [-0.05, 0) is 18.1 Å². The van der Waals surface area contributed by atoms with Crippen molar-refractivity contribution in [1.29, 1.82) is 0 Å². The minimum absolute atomic E-state index is 0.0571. The number of aromatic amines is 1. The largest absolute Gasteiger partial charge is 0.460 e. The van der Waals surface area contributed by atoms with E-state index in [9.17, 15) is 4.79 Å². The lowest BCUT2D eigenvalue weighted by Crippen LogP contribution is -2.44. The zero-order valence-corrected chi connectivity index (χ0v) is 19.4. The molecule has 3 rings (SSSR count). The van der Waals surface area contributed by atoms with Crippen molar-refractivity contribution >= 4 is 36.9 Å². The second-order valence-electron chi connectivity index (χ2n) is 8.60. The van der Waals surface area contributed by atoms with Crippen LogP contribution in [0, 0.1) is 0 Å². The van der Waals surface area contributed by atoms with Gasteiger partial charge in [-0.15, -0.1) is 0 Å². The number of nitrogens with one attached hydrogen (secondary N) is 1. The van der Waals surface area contributed by atoms with Crippen LogP contribution in [0.2, 0.25) is 18.1 Å². The van der Waals surface area contributed by atoms with Crippen LogP contribution >= 0.6 is 12.2 Å². The molecule has 1 N–H and O–H groups in total. The number of aromatic nitrogens is 4. The van der Waals surface area contributed by atoms with Crippen LogP contribution in [0.3, 0.4) is 0 Å². The Labute approximate surface area is 175 Å². The van der Waals surface area contributed by atoms with E-state index < -0.39 is 14.5 Å². The minimum atomic E-state index is -1.97. The first-order chi connectivity index (χ1) is 13.5. The lowest BCUT2D eigenvalue weighted by Gasteiger charge is -2.37. The molecule has 1 aliphatic rings. The molecule has 1 aliphatic heterocycles. The minimum Gasteiger partial charge on any atom is -0.460 e. The molecule has 3 atom stereocenters. The molecule has 2 aromatic heterocycles. The summed E-state index contributed by atoms with van der Waals surface area (Å²) in [6, 6.07) is 0. The molecule has 0 spiro atoms. The quantitative estimate of drug-likeness (QED) is 0.559. The first-order valence-corrected chi connectivity index (χ1v) is 12.8. The average molecular weight is 441 g/mol. The van der Waals surface area contributed by atoms with Gasteiger partial charge in [0.25, 0.3) is 5.56 Å². The van der Waals surface area contributed by atoms with Crippen molar-refractivity contribution < 1.29 is 18.6 Å². The molecule has 160 valence electrons. The van der Waals surface area contributed by atoms with Crippen LogP contribution in [-0.4, -0.2) is 59.0 Å². The summed E-state index contributed by atoms with van der Waals surface area (Å²) in [5, 5.41) is 0.135. The van der Waals surface area contributed by atoms with Crippen molar-refractivity contribution in [3.05, 3.63) is 23.0 Å². The number of methoxy groups -OCH3 is 1. The van der Waals surface area contributed by atoms with Crippen LogP contribution in [0.1, 0.15) is 33.4 Å². The van der Waals surface area contributed by atoms with Gasteiger partial charge in [0.15, 0.2) is 19.5 Å². The van der Waals surface area contributed by atoms with Gasteiger partial charge in [-0.25, -0.2) is 9.97 Å². The topological polar surface area (TPSA) is 100 Å². The summed E-state index contributed by atoms with van der Waals surface area (Å²) >= 11 is 5.09. The number of hydrogen-bond donors (Lipinski definition) is 1. The van der Waals surface area contributed by atoms with Crippen molar-refractivity contribution in [2.45, 2.75) is 63.8 Å². The number of imidazole rings is 1. The lowest BCUT2D eigenvalue weighted by atomic mass is 10.2. The Balaban J connectivity index is 1.82. The molecule has 2 aromatic rings. The van der Waals surface area contributed by atoms with E-state index in [1.807, 2.05) is 0 Å². The third-order valence-corrected chi connectivity index (χ3v) is 10.4. The van der Waals surface area contributed by atoms with Crippen molar-refractivity contribution in [2.75, 3.05) is 13.7 Å². The predicted molar refractivity (Wildman–Crippen MR) is 114 cm³/mol. The molecule has 0 unspecified atom stereocenters. The molecule has 0 saturated carbocycles. The van der Waals surface area contributed by atoms with Gasteiger partial charge in [-0.1, -0.05) is 20.8 Å². The zero-order chi connectivity index (χ0) is 21.4. The van der Waals surface area contributed by atoms with Gasteiger partial charge in [0.2, 0.25) is 0 Å².